The van der Waals surface area contributed by atoms with E-state index in [-0.39, 0.29) is 41.8 Å². The van der Waals surface area contributed by atoms with Crippen LogP contribution in [0.5, 0.6) is 0 Å². The molecular weight excluding hydrogens is 611 g/mol. The number of amides is 1. The maximum Gasteiger partial charge on any atom is 0.227 e. The summed E-state index contributed by atoms with van der Waals surface area (Å²) in [5.74, 6) is 1.90. The second kappa shape index (κ2) is 13.3. The van der Waals surface area contributed by atoms with Gasteiger partial charge in [0.1, 0.15) is 16.7 Å². The molecule has 3 aliphatic heterocycles. The van der Waals surface area contributed by atoms with Crippen LogP contribution in [0, 0.1) is 11.3 Å². The number of pyridine rings is 1. The van der Waals surface area contributed by atoms with Crippen molar-refractivity contribution in [1.29, 1.82) is 0 Å². The predicted octanol–water partition coefficient (Wildman–Crippen LogP) is 3.67. The topological polar surface area (TPSA) is 161 Å². The van der Waals surface area contributed by atoms with E-state index in [9.17, 15) is 4.79 Å². The molecule has 1 spiro atoms. The van der Waals surface area contributed by atoms with Gasteiger partial charge >= 0.3 is 0 Å². The fourth-order valence-electron chi connectivity index (χ4n) is 5.97. The van der Waals surface area contributed by atoms with Gasteiger partial charge in [-0.15, -0.1) is 12.4 Å². The van der Waals surface area contributed by atoms with Crippen molar-refractivity contribution in [3.63, 3.8) is 0 Å². The molecule has 3 aromatic rings. The van der Waals surface area contributed by atoms with Crippen LogP contribution in [0.25, 0.3) is 0 Å². The van der Waals surface area contributed by atoms with Crippen LogP contribution in [0.2, 0.25) is 5.02 Å². The predicted molar refractivity (Wildman–Crippen MR) is 169 cm³/mol. The van der Waals surface area contributed by atoms with Gasteiger partial charge in [-0.05, 0) is 44.7 Å². The lowest BCUT2D eigenvalue weighted by atomic mass is 9.73. The molecule has 0 radical (unpaired) electrons. The number of anilines is 4. The molecule has 0 saturated carbocycles. The van der Waals surface area contributed by atoms with Crippen molar-refractivity contribution in [2.24, 2.45) is 22.8 Å². The number of hydrogen-bond donors (Lipinski definition) is 3. The Balaban J connectivity index is 0.00000368. The average Bonchev–Trinajstić information content (AvgIpc) is 3.28. The highest BCUT2D eigenvalue weighted by Crippen LogP contribution is 2.42. The highest BCUT2D eigenvalue weighted by atomic mass is 35.5. The summed E-state index contributed by atoms with van der Waals surface area (Å²) in [6, 6.07) is 3.67. The summed E-state index contributed by atoms with van der Waals surface area (Å²) in [4.78, 5) is 39.5. The van der Waals surface area contributed by atoms with E-state index in [0.717, 1.165) is 67.7 Å². The molecule has 3 aliphatic rings. The average molecular weight is 648 g/mol. The van der Waals surface area contributed by atoms with E-state index in [1.165, 1.54) is 11.8 Å². The van der Waals surface area contributed by atoms with Gasteiger partial charge in [-0.1, -0.05) is 23.4 Å². The Morgan fingerprint density at radius 1 is 1.12 bits per heavy atom. The van der Waals surface area contributed by atoms with Crippen molar-refractivity contribution in [1.82, 2.24) is 24.9 Å². The van der Waals surface area contributed by atoms with Crippen molar-refractivity contribution in [2.45, 2.75) is 54.7 Å². The van der Waals surface area contributed by atoms with Crippen LogP contribution < -0.4 is 26.6 Å². The van der Waals surface area contributed by atoms with Crippen LogP contribution in [0.4, 0.5) is 23.4 Å². The molecule has 5 N–H and O–H groups in total. The van der Waals surface area contributed by atoms with Crippen LogP contribution in [-0.4, -0.2) is 75.8 Å². The number of halogens is 2. The molecule has 0 aromatic carbocycles. The number of ether oxygens (including phenoxy) is 1. The smallest absolute Gasteiger partial charge is 0.227 e. The highest BCUT2D eigenvalue weighted by molar-refractivity contribution is 7.99. The number of primary amides is 1. The normalized spacial score (nSPS) is 23.2. The summed E-state index contributed by atoms with van der Waals surface area (Å²) in [7, 11) is 0. The van der Waals surface area contributed by atoms with Crippen LogP contribution in [0.1, 0.15) is 32.6 Å². The van der Waals surface area contributed by atoms with Crippen LogP contribution >= 0.6 is 35.8 Å². The van der Waals surface area contributed by atoms with Gasteiger partial charge in [0.05, 0.1) is 36.0 Å². The van der Waals surface area contributed by atoms with Crippen molar-refractivity contribution in [2.75, 3.05) is 47.9 Å². The molecule has 3 atom stereocenters. The molecule has 3 fully saturated rings. The fraction of sp³-hybridized carbons (Fsp3) is 0.500. The molecule has 3 aromatic heterocycles. The second-order valence-electron chi connectivity index (χ2n) is 11.2. The molecule has 0 bridgehead atoms. The van der Waals surface area contributed by atoms with Crippen LogP contribution in [0.15, 0.2) is 46.8 Å². The lowest BCUT2D eigenvalue weighted by Crippen LogP contribution is -2.50. The van der Waals surface area contributed by atoms with Gasteiger partial charge in [-0.2, -0.15) is 4.98 Å². The lowest BCUT2D eigenvalue weighted by molar-refractivity contribution is -0.122. The maximum atomic E-state index is 11.7. The summed E-state index contributed by atoms with van der Waals surface area (Å²) in [6.45, 7) is 5.83. The third-order valence-electron chi connectivity index (χ3n) is 8.61. The summed E-state index contributed by atoms with van der Waals surface area (Å²) in [5, 5.41) is 4.38. The molecule has 0 aliphatic carbocycles. The molecule has 230 valence electrons. The van der Waals surface area contributed by atoms with Crippen molar-refractivity contribution in [3.05, 3.63) is 41.9 Å². The largest absolute Gasteiger partial charge is 0.376 e. The summed E-state index contributed by atoms with van der Waals surface area (Å²) in [6.07, 6.45) is 10.7. The first-order chi connectivity index (χ1) is 20.3. The fourth-order valence-corrected chi connectivity index (χ4v) is 6.99. The molecule has 6 heterocycles. The van der Waals surface area contributed by atoms with E-state index >= 15 is 0 Å². The number of nitrogens with two attached hydrogens (primary N) is 2. The monoisotopic (exact) mass is 646 g/mol. The lowest BCUT2D eigenvalue weighted by Gasteiger charge is -2.41. The van der Waals surface area contributed by atoms with Gasteiger partial charge in [-0.3, -0.25) is 4.79 Å². The molecule has 43 heavy (non-hydrogen) atoms. The summed E-state index contributed by atoms with van der Waals surface area (Å²) < 4.78 is 5.85. The number of nitrogens with one attached hydrogen (secondary N) is 1. The van der Waals surface area contributed by atoms with Crippen molar-refractivity contribution >= 4 is 65.1 Å². The Labute approximate surface area is 266 Å². The number of carbonyl (C=O) groups excluding carboxylic acids is 1. The minimum Gasteiger partial charge on any atom is -0.376 e. The molecule has 0 unspecified atom stereocenters. The zero-order valence-corrected chi connectivity index (χ0v) is 26.2. The Kier molecular flexibility index (Phi) is 9.76. The van der Waals surface area contributed by atoms with Crippen LogP contribution in [-0.2, 0) is 9.53 Å². The van der Waals surface area contributed by atoms with E-state index in [0.29, 0.717) is 29.2 Å². The number of aromatic nitrogens is 5. The van der Waals surface area contributed by atoms with Crippen molar-refractivity contribution < 1.29 is 9.53 Å². The number of hydrogen-bond acceptors (Lipinski definition) is 12. The quantitative estimate of drug-likeness (QED) is 0.342. The van der Waals surface area contributed by atoms with Gasteiger partial charge < -0.3 is 31.3 Å². The SMILES string of the molecule is C[C@@H]1OCC2(CCN(c3cnc(Sc4ccnc(Nc5ccnc(N6CCC[C@H](C(N)=O)C6)n5)c4Cl)cn3)CC2)[C@@H]1N.Cl. The summed E-state index contributed by atoms with van der Waals surface area (Å²) >= 11 is 8.17. The van der Waals surface area contributed by atoms with Gasteiger partial charge in [0.2, 0.25) is 11.9 Å². The van der Waals surface area contributed by atoms with E-state index in [1.54, 1.807) is 24.7 Å². The zero-order chi connectivity index (χ0) is 29.3. The second-order valence-corrected chi connectivity index (χ2v) is 12.7. The first kappa shape index (κ1) is 31.5. The minimum atomic E-state index is -0.294. The van der Waals surface area contributed by atoms with E-state index in [2.05, 4.69) is 37.1 Å². The minimum absolute atomic E-state index is 0. The van der Waals surface area contributed by atoms with Crippen molar-refractivity contribution in [3.8, 4) is 0 Å². The molecule has 12 nitrogen and oxygen atoms in total. The third kappa shape index (κ3) is 6.75. The molecular formula is C28H36Cl2N10O2S. The maximum absolute atomic E-state index is 11.7. The Bertz CT molecular complexity index is 1430. The Hall–Kier alpha value is -2.97. The van der Waals surface area contributed by atoms with E-state index in [4.69, 9.17) is 32.8 Å². The van der Waals surface area contributed by atoms with Gasteiger partial charge in [0.25, 0.3) is 0 Å². The standard InChI is InChI=1S/C28H35ClN10O2S.ClH/c1-17-24(30)28(16-41-17)6-11-38(12-7-28)21-13-35-22(14-34-21)42-19-4-8-32-26(23(19)29)36-20-5-9-33-27(37-20)39-10-2-3-18(15-39)25(31)40;/h4-5,8-9,13-14,17-18,24H,2-3,6-7,10-12,15-16,30H2,1H3,(H2,31,40)(H,32,33,36,37);1H/t17-,18-,24+;/m0./s1. The van der Waals surface area contributed by atoms with E-state index in [1.807, 2.05) is 17.2 Å². The van der Waals surface area contributed by atoms with Gasteiger partial charge in [0, 0.05) is 54.9 Å². The molecule has 3 saturated heterocycles. The first-order valence-corrected chi connectivity index (χ1v) is 15.4. The number of nitrogens with zero attached hydrogens (tertiary/aromatic N) is 7. The zero-order valence-electron chi connectivity index (χ0n) is 23.9. The molecule has 15 heteroatoms. The van der Waals surface area contributed by atoms with Gasteiger partial charge in [-0.25, -0.2) is 19.9 Å². The highest BCUT2D eigenvalue weighted by Gasteiger charge is 2.47. The summed E-state index contributed by atoms with van der Waals surface area (Å²) in [5.41, 5.74) is 12.1. The molecule has 6 rings (SSSR count). The third-order valence-corrected chi connectivity index (χ3v) is 10.1. The number of carbonyl (C=O) groups is 1. The van der Waals surface area contributed by atoms with Gasteiger partial charge in [0.15, 0.2) is 5.82 Å². The Morgan fingerprint density at radius 3 is 2.60 bits per heavy atom. The van der Waals surface area contributed by atoms with Crippen LogP contribution in [0.3, 0.4) is 0 Å². The Morgan fingerprint density at radius 2 is 1.91 bits per heavy atom. The number of piperidine rings is 2. The first-order valence-electron chi connectivity index (χ1n) is 14.2. The number of rotatable bonds is 7. The van der Waals surface area contributed by atoms with E-state index < -0.39 is 0 Å². The molecule has 1 amide bonds.